The highest BCUT2D eigenvalue weighted by molar-refractivity contribution is 7.26. The molecule has 0 unspecified atom stereocenters. The minimum absolute atomic E-state index is 0.554. The first-order valence-corrected chi connectivity index (χ1v) is 47.2. The van der Waals surface area contributed by atoms with Crippen molar-refractivity contribution in [3.05, 3.63) is 473 Å². The summed E-state index contributed by atoms with van der Waals surface area (Å²) in [5.41, 5.74) is 29.2. The monoisotopic (exact) mass is 1770 g/mol. The van der Waals surface area contributed by atoms with Crippen molar-refractivity contribution in [2.75, 3.05) is 0 Å². The van der Waals surface area contributed by atoms with Crippen LogP contribution in [0.1, 0.15) is 0 Å². The topological polar surface area (TPSA) is 113 Å². The van der Waals surface area contributed by atoms with Gasteiger partial charge in [0.1, 0.15) is 0 Å². The molecule has 636 valence electrons. The van der Waals surface area contributed by atoms with Gasteiger partial charge in [-0.05, 0) is 147 Å². The second-order valence-corrected chi connectivity index (χ2v) is 36.1. The maximum Gasteiger partial charge on any atom is 0.166 e. The van der Waals surface area contributed by atoms with Crippen LogP contribution in [0.3, 0.4) is 0 Å². The van der Waals surface area contributed by atoms with E-state index in [9.17, 15) is 0 Å². The molecule has 0 aliphatic rings. The Morgan fingerprint density at radius 2 is 0.485 bits per heavy atom. The van der Waals surface area contributed by atoms with E-state index in [1.54, 1.807) is 0 Å². The van der Waals surface area contributed by atoms with E-state index >= 15 is 0 Å². The van der Waals surface area contributed by atoms with Crippen molar-refractivity contribution in [2.24, 2.45) is 0 Å². The van der Waals surface area contributed by atoms with Crippen LogP contribution in [0.5, 0.6) is 0 Å². The number of benzene rings is 18. The molecule has 10 nitrogen and oxygen atoms in total. The second-order valence-electron chi connectivity index (χ2n) is 34.0. The number of fused-ring (bicyclic) bond motifs is 12. The van der Waals surface area contributed by atoms with Gasteiger partial charge < -0.3 is 9.13 Å². The van der Waals surface area contributed by atoms with Crippen LogP contribution in [-0.2, 0) is 0 Å². The second kappa shape index (κ2) is 34.6. The van der Waals surface area contributed by atoms with Crippen LogP contribution in [0.4, 0.5) is 0 Å². The van der Waals surface area contributed by atoms with Gasteiger partial charge in [-0.2, -0.15) is 0 Å². The number of thiophene rings is 2. The molecule has 26 aromatic rings. The third-order valence-corrected chi connectivity index (χ3v) is 28.1. The molecular weight excluding hydrogens is 1690 g/mol. The maximum absolute atomic E-state index is 5.45. The van der Waals surface area contributed by atoms with Crippen molar-refractivity contribution in [1.29, 1.82) is 0 Å². The highest BCUT2D eigenvalue weighted by atomic mass is 32.1. The van der Waals surface area contributed by atoms with E-state index in [0.29, 0.717) is 34.9 Å². The fraction of sp³-hybridized carbons (Fsp3) is 0. The molecule has 12 heteroatoms. The lowest BCUT2D eigenvalue weighted by Gasteiger charge is -2.16. The fourth-order valence-corrected chi connectivity index (χ4v) is 21.7. The van der Waals surface area contributed by atoms with Gasteiger partial charge in [-0.3, -0.25) is 9.97 Å². The van der Waals surface area contributed by atoms with Crippen LogP contribution in [0.2, 0.25) is 0 Å². The summed E-state index contributed by atoms with van der Waals surface area (Å²) < 4.78 is 9.57. The zero-order chi connectivity index (χ0) is 89.9. The molecule has 0 saturated heterocycles. The van der Waals surface area contributed by atoms with E-state index in [-0.39, 0.29) is 0 Å². The molecule has 0 saturated carbocycles. The van der Waals surface area contributed by atoms with Crippen LogP contribution in [0, 0.1) is 0 Å². The van der Waals surface area contributed by atoms with E-state index in [1.807, 2.05) is 132 Å². The summed E-state index contributed by atoms with van der Waals surface area (Å²) in [5, 5.41) is 9.81. The summed E-state index contributed by atoms with van der Waals surface area (Å²) in [6.45, 7) is 0. The van der Waals surface area contributed by atoms with Gasteiger partial charge in [0, 0.05) is 141 Å². The molecule has 0 bridgehead atoms. The van der Waals surface area contributed by atoms with Crippen LogP contribution < -0.4 is 0 Å². The first-order valence-electron chi connectivity index (χ1n) is 45.6. The molecule has 0 radical (unpaired) electrons. The largest absolute Gasteiger partial charge is 0.309 e. The summed E-state index contributed by atoms with van der Waals surface area (Å²) in [6, 6.07) is 163. The Balaban J connectivity index is 0.000000145. The Kier molecular flexibility index (Phi) is 20.4. The van der Waals surface area contributed by atoms with Crippen LogP contribution >= 0.6 is 22.7 Å². The minimum atomic E-state index is 0.554. The first kappa shape index (κ1) is 80.4. The van der Waals surface area contributed by atoms with Gasteiger partial charge in [-0.1, -0.05) is 370 Å². The van der Waals surface area contributed by atoms with Crippen LogP contribution in [0.25, 0.3) is 253 Å². The van der Waals surface area contributed by atoms with Gasteiger partial charge in [0.2, 0.25) is 0 Å². The lowest BCUT2D eigenvalue weighted by Crippen LogP contribution is -2.02. The van der Waals surface area contributed by atoms with Gasteiger partial charge >= 0.3 is 0 Å². The number of hydrogen-bond donors (Lipinski definition) is 0. The van der Waals surface area contributed by atoms with Gasteiger partial charge in [0.25, 0.3) is 0 Å². The zero-order valence-corrected chi connectivity index (χ0v) is 75.0. The van der Waals surface area contributed by atoms with E-state index in [4.69, 9.17) is 39.9 Å². The maximum atomic E-state index is 5.45. The standard InChI is InChI=1S/2C62H39N5S/c1-6-19-40(20-7-1)47-34-33-44(35-51(47)41-21-8-2-9-22-41)45-36-54(62-65-60(42-23-10-3-11-24-42)64-61(66-62)43-25-12-4-13-26-43)58(63-39-45)50-31-18-30-49-53-37-52-48-29-16-17-32-55(48)67(46-27-14-5-15-28-46)56(52)38-57(53)68-59(49)50;1-6-18-40(19-7-1)48-32-30-44(34-51(48)41-20-8-2-9-21-41)46-35-54(62-65-60(42-22-10-3-11-23-42)64-61(66-62)43-24-12-4-13-25-43)59(63-39-46)45-31-33-50-53-37-52-49-28-16-17-29-55(49)67(47-26-14-5-15-27-47)56(52)38-58(53)68-57(50)36-45/h2*1-39H. The number of para-hydroxylation sites is 4. The molecule has 8 heterocycles. The lowest BCUT2D eigenvalue weighted by atomic mass is 9.91. The Labute approximate surface area is 792 Å². The van der Waals surface area contributed by atoms with E-state index in [2.05, 4.69) is 373 Å². The molecule has 8 aromatic heterocycles. The van der Waals surface area contributed by atoms with Crippen molar-refractivity contribution < 1.29 is 0 Å². The predicted octanol–water partition coefficient (Wildman–Crippen LogP) is 32.8. The Morgan fingerprint density at radius 1 is 0.162 bits per heavy atom. The highest BCUT2D eigenvalue weighted by Crippen LogP contribution is 2.49. The quantitative estimate of drug-likeness (QED) is 0.0940. The van der Waals surface area contributed by atoms with Gasteiger partial charge in [-0.25, -0.2) is 29.9 Å². The highest BCUT2D eigenvalue weighted by Gasteiger charge is 2.27. The van der Waals surface area contributed by atoms with Crippen molar-refractivity contribution in [3.63, 3.8) is 0 Å². The van der Waals surface area contributed by atoms with Crippen molar-refractivity contribution >= 4 is 107 Å². The third-order valence-electron chi connectivity index (χ3n) is 25.8. The summed E-state index contributed by atoms with van der Waals surface area (Å²) >= 11 is 3.63. The van der Waals surface area contributed by atoms with Gasteiger partial charge in [0.05, 0.1) is 33.5 Å². The normalized spacial score (nSPS) is 11.5. The number of rotatable bonds is 16. The molecule has 0 aliphatic heterocycles. The van der Waals surface area contributed by atoms with Crippen LogP contribution in [-0.4, -0.2) is 49.0 Å². The van der Waals surface area contributed by atoms with Crippen molar-refractivity contribution in [1.82, 2.24) is 49.0 Å². The summed E-state index contributed by atoms with van der Waals surface area (Å²) in [7, 11) is 0. The number of pyridine rings is 2. The number of nitrogens with zero attached hydrogens (tertiary/aromatic N) is 10. The number of aromatic nitrogens is 10. The average molecular weight is 1770 g/mol. The Bertz CT molecular complexity index is 8940. The van der Waals surface area contributed by atoms with Crippen molar-refractivity contribution in [2.45, 2.75) is 0 Å². The van der Waals surface area contributed by atoms with E-state index < -0.39 is 0 Å². The predicted molar refractivity (Wildman–Crippen MR) is 566 cm³/mol. The average Bonchev–Trinajstić information content (AvgIpc) is 1.57. The first-order chi connectivity index (χ1) is 67.4. The van der Waals surface area contributed by atoms with Gasteiger partial charge in [-0.15, -0.1) is 22.7 Å². The molecule has 0 fully saturated rings. The summed E-state index contributed by atoms with van der Waals surface area (Å²) in [6.07, 6.45) is 4.01. The molecular formula is C124H78N10S2. The van der Waals surface area contributed by atoms with E-state index in [0.717, 1.165) is 122 Å². The van der Waals surface area contributed by atoms with Gasteiger partial charge in [0.15, 0.2) is 34.9 Å². The molecule has 0 atom stereocenters. The molecule has 26 rings (SSSR count). The minimum Gasteiger partial charge on any atom is -0.309 e. The molecule has 0 aliphatic carbocycles. The Morgan fingerprint density at radius 3 is 0.912 bits per heavy atom. The molecule has 0 N–H and O–H groups in total. The van der Waals surface area contributed by atoms with Crippen LogP contribution in [0.15, 0.2) is 473 Å². The van der Waals surface area contributed by atoms with E-state index in [1.165, 1.54) is 95.9 Å². The zero-order valence-electron chi connectivity index (χ0n) is 73.3. The van der Waals surface area contributed by atoms with Crippen molar-refractivity contribution in [3.8, 4) is 169 Å². The summed E-state index contributed by atoms with van der Waals surface area (Å²) in [4.78, 5) is 42.1. The Hall–Kier alpha value is -17.7. The lowest BCUT2D eigenvalue weighted by molar-refractivity contribution is 1.07. The SMILES string of the molecule is c1ccc(-c2nc(-c3ccccc3)nc(-c3cc(-c4ccc(-c5ccccc5)c(-c5ccccc5)c4)cnc3-c3ccc4c(c3)sc3cc5c(cc34)c3ccccc3n5-c3ccccc3)n2)cc1.c1ccc(-c2nc(-c3ccccc3)nc(-c3cc(-c4ccc(-c5ccccc5)c(-c5ccccc5)c4)cnc3-c3cccc4c3sc3cc5c(cc34)c3ccccc3n5-c3ccccc3)n2)cc1. The molecule has 136 heavy (non-hydrogen) atoms. The third kappa shape index (κ3) is 14.8. The molecule has 18 aromatic carbocycles. The summed E-state index contributed by atoms with van der Waals surface area (Å²) in [5.74, 6) is 3.51. The fourth-order valence-electron chi connectivity index (χ4n) is 19.3. The molecule has 0 spiro atoms. The number of hydrogen-bond acceptors (Lipinski definition) is 10. The smallest absolute Gasteiger partial charge is 0.166 e. The molecule has 0 amide bonds.